The lowest BCUT2D eigenvalue weighted by molar-refractivity contribution is 1.32. The van der Waals surface area contributed by atoms with Crippen LogP contribution in [-0.2, 0) is 0 Å². The summed E-state index contributed by atoms with van der Waals surface area (Å²) in [6, 6.07) is 11.3. The molecule has 2 aromatic rings. The van der Waals surface area contributed by atoms with Crippen molar-refractivity contribution in [3.05, 3.63) is 52.8 Å². The summed E-state index contributed by atoms with van der Waals surface area (Å²) in [7, 11) is 0. The van der Waals surface area contributed by atoms with Crippen LogP contribution in [-0.4, -0.2) is 4.98 Å². The molecule has 0 aliphatic heterocycles. The first-order valence-corrected chi connectivity index (χ1v) is 5.45. The SMILES string of the molecule is N#Cc1cc(Br)cc(Nc2cccnc2)c1. The van der Waals surface area contributed by atoms with Crippen molar-refractivity contribution in [2.24, 2.45) is 0 Å². The first-order valence-electron chi connectivity index (χ1n) is 4.66. The number of pyridine rings is 1. The van der Waals surface area contributed by atoms with E-state index in [0.717, 1.165) is 15.8 Å². The molecule has 0 saturated heterocycles. The van der Waals surface area contributed by atoms with Crippen LogP contribution >= 0.6 is 15.9 Å². The number of hydrogen-bond donors (Lipinski definition) is 1. The van der Waals surface area contributed by atoms with Gasteiger partial charge in [0.25, 0.3) is 0 Å². The molecule has 0 aliphatic carbocycles. The highest BCUT2D eigenvalue weighted by molar-refractivity contribution is 9.10. The molecule has 3 nitrogen and oxygen atoms in total. The third kappa shape index (κ3) is 2.59. The zero-order chi connectivity index (χ0) is 11.4. The van der Waals surface area contributed by atoms with E-state index < -0.39 is 0 Å². The number of halogens is 1. The monoisotopic (exact) mass is 273 g/mol. The number of aromatic nitrogens is 1. The van der Waals surface area contributed by atoms with Crippen molar-refractivity contribution in [3.8, 4) is 6.07 Å². The average molecular weight is 274 g/mol. The Hall–Kier alpha value is -1.86. The van der Waals surface area contributed by atoms with Crippen LogP contribution in [0.1, 0.15) is 5.56 Å². The lowest BCUT2D eigenvalue weighted by Crippen LogP contribution is -1.91. The Labute approximate surface area is 102 Å². The van der Waals surface area contributed by atoms with Crippen LogP contribution in [0.15, 0.2) is 47.2 Å². The lowest BCUT2D eigenvalue weighted by Gasteiger charge is -2.06. The molecule has 0 amide bonds. The molecule has 16 heavy (non-hydrogen) atoms. The van der Waals surface area contributed by atoms with Crippen LogP contribution in [0.2, 0.25) is 0 Å². The third-order valence-electron chi connectivity index (χ3n) is 1.98. The summed E-state index contributed by atoms with van der Waals surface area (Å²) in [5.41, 5.74) is 2.36. The van der Waals surface area contributed by atoms with E-state index in [-0.39, 0.29) is 0 Å². The van der Waals surface area contributed by atoms with Crippen LogP contribution < -0.4 is 5.32 Å². The second-order valence-corrected chi connectivity index (χ2v) is 4.12. The number of anilines is 2. The maximum Gasteiger partial charge on any atom is 0.0992 e. The Bertz CT molecular complexity index is 532. The van der Waals surface area contributed by atoms with E-state index in [1.54, 1.807) is 24.5 Å². The largest absolute Gasteiger partial charge is 0.354 e. The number of rotatable bonds is 2. The summed E-state index contributed by atoms with van der Waals surface area (Å²) in [6.45, 7) is 0. The predicted molar refractivity (Wildman–Crippen MR) is 66.4 cm³/mol. The minimum atomic E-state index is 0.612. The second-order valence-electron chi connectivity index (χ2n) is 3.21. The first kappa shape index (κ1) is 10.7. The summed E-state index contributed by atoms with van der Waals surface area (Å²) < 4.78 is 0.873. The predicted octanol–water partition coefficient (Wildman–Crippen LogP) is 3.46. The topological polar surface area (TPSA) is 48.7 Å². The summed E-state index contributed by atoms with van der Waals surface area (Å²) in [5, 5.41) is 12.0. The van der Waals surface area contributed by atoms with Gasteiger partial charge in [-0.3, -0.25) is 4.98 Å². The van der Waals surface area contributed by atoms with Gasteiger partial charge in [0, 0.05) is 16.4 Å². The van der Waals surface area contributed by atoms with Gasteiger partial charge >= 0.3 is 0 Å². The highest BCUT2D eigenvalue weighted by Crippen LogP contribution is 2.22. The molecule has 1 aromatic heterocycles. The van der Waals surface area contributed by atoms with E-state index in [1.807, 2.05) is 18.2 Å². The van der Waals surface area contributed by atoms with E-state index in [4.69, 9.17) is 5.26 Å². The smallest absolute Gasteiger partial charge is 0.0992 e. The molecule has 1 heterocycles. The molecule has 0 aliphatic rings. The highest BCUT2D eigenvalue weighted by Gasteiger charge is 1.99. The van der Waals surface area contributed by atoms with Gasteiger partial charge in [0.1, 0.15) is 0 Å². The summed E-state index contributed by atoms with van der Waals surface area (Å²) in [5.74, 6) is 0. The number of hydrogen-bond acceptors (Lipinski definition) is 3. The van der Waals surface area contributed by atoms with Crippen molar-refractivity contribution in [1.29, 1.82) is 5.26 Å². The fraction of sp³-hybridized carbons (Fsp3) is 0. The van der Waals surface area contributed by atoms with Crippen molar-refractivity contribution in [2.75, 3.05) is 5.32 Å². The van der Waals surface area contributed by atoms with Crippen molar-refractivity contribution in [3.63, 3.8) is 0 Å². The second kappa shape index (κ2) is 4.77. The molecule has 0 spiro atoms. The molecule has 1 N–H and O–H groups in total. The van der Waals surface area contributed by atoms with Gasteiger partial charge in [-0.15, -0.1) is 0 Å². The normalized spacial score (nSPS) is 9.50. The summed E-state index contributed by atoms with van der Waals surface area (Å²) in [4.78, 5) is 4.01. The van der Waals surface area contributed by atoms with E-state index in [9.17, 15) is 0 Å². The minimum Gasteiger partial charge on any atom is -0.354 e. The van der Waals surface area contributed by atoms with Crippen LogP contribution in [0.5, 0.6) is 0 Å². The fourth-order valence-corrected chi connectivity index (χ4v) is 1.82. The van der Waals surface area contributed by atoms with Crippen LogP contribution in [0.3, 0.4) is 0 Å². The fourth-order valence-electron chi connectivity index (χ4n) is 1.33. The molecule has 1 aromatic carbocycles. The summed E-state index contributed by atoms with van der Waals surface area (Å²) >= 11 is 3.36. The van der Waals surface area contributed by atoms with Crippen LogP contribution in [0, 0.1) is 11.3 Å². The molecular weight excluding hydrogens is 266 g/mol. The Morgan fingerprint density at radius 1 is 1.25 bits per heavy atom. The van der Waals surface area contributed by atoms with Gasteiger partial charge in [-0.2, -0.15) is 5.26 Å². The van der Waals surface area contributed by atoms with Crippen molar-refractivity contribution < 1.29 is 0 Å². The molecule has 0 bridgehead atoms. The van der Waals surface area contributed by atoms with Gasteiger partial charge in [0.15, 0.2) is 0 Å². The van der Waals surface area contributed by atoms with Gasteiger partial charge < -0.3 is 5.32 Å². The van der Waals surface area contributed by atoms with Crippen molar-refractivity contribution in [1.82, 2.24) is 4.98 Å². The lowest BCUT2D eigenvalue weighted by atomic mass is 10.2. The molecule has 0 saturated carbocycles. The standard InChI is InChI=1S/C12H8BrN3/c13-10-4-9(7-14)5-12(6-10)16-11-2-1-3-15-8-11/h1-6,8,16H. The number of nitriles is 1. The number of nitrogens with one attached hydrogen (secondary N) is 1. The number of benzene rings is 1. The van der Waals surface area contributed by atoms with E-state index in [0.29, 0.717) is 5.56 Å². The van der Waals surface area contributed by atoms with Gasteiger partial charge in [0.2, 0.25) is 0 Å². The molecule has 0 radical (unpaired) electrons. The average Bonchev–Trinajstić information content (AvgIpc) is 2.29. The molecule has 78 valence electrons. The van der Waals surface area contributed by atoms with E-state index in [2.05, 4.69) is 32.3 Å². The van der Waals surface area contributed by atoms with Crippen LogP contribution in [0.4, 0.5) is 11.4 Å². The van der Waals surface area contributed by atoms with Gasteiger partial charge in [-0.1, -0.05) is 15.9 Å². The molecule has 0 fully saturated rings. The van der Waals surface area contributed by atoms with Crippen molar-refractivity contribution >= 4 is 27.3 Å². The zero-order valence-electron chi connectivity index (χ0n) is 8.31. The quantitative estimate of drug-likeness (QED) is 0.912. The molecule has 0 unspecified atom stereocenters. The highest BCUT2D eigenvalue weighted by atomic mass is 79.9. The first-order chi connectivity index (χ1) is 7.78. The van der Waals surface area contributed by atoms with Gasteiger partial charge in [-0.05, 0) is 30.3 Å². The van der Waals surface area contributed by atoms with Gasteiger partial charge in [-0.25, -0.2) is 0 Å². The Morgan fingerprint density at radius 2 is 2.12 bits per heavy atom. The molecular formula is C12H8BrN3. The Balaban J connectivity index is 2.29. The summed E-state index contributed by atoms with van der Waals surface area (Å²) in [6.07, 6.45) is 3.44. The Kier molecular flexibility index (Phi) is 3.18. The minimum absolute atomic E-state index is 0.612. The maximum atomic E-state index is 8.84. The maximum absolute atomic E-state index is 8.84. The Morgan fingerprint density at radius 3 is 2.81 bits per heavy atom. The molecule has 2 rings (SSSR count). The van der Waals surface area contributed by atoms with Crippen molar-refractivity contribution in [2.45, 2.75) is 0 Å². The zero-order valence-corrected chi connectivity index (χ0v) is 9.90. The number of nitrogens with zero attached hydrogens (tertiary/aromatic N) is 2. The molecule has 4 heteroatoms. The molecule has 0 atom stereocenters. The van der Waals surface area contributed by atoms with Crippen LogP contribution in [0.25, 0.3) is 0 Å². The van der Waals surface area contributed by atoms with E-state index >= 15 is 0 Å². The van der Waals surface area contributed by atoms with E-state index in [1.165, 1.54) is 0 Å². The van der Waals surface area contributed by atoms with Gasteiger partial charge in [0.05, 0.1) is 23.5 Å². The third-order valence-corrected chi connectivity index (χ3v) is 2.43.